The highest BCUT2D eigenvalue weighted by Crippen LogP contribution is 2.27. The summed E-state index contributed by atoms with van der Waals surface area (Å²) in [7, 11) is 1.80. The number of hydrogen-bond acceptors (Lipinski definition) is 6. The molecule has 0 aliphatic carbocycles. The van der Waals surface area contributed by atoms with Gasteiger partial charge in [-0.3, -0.25) is 4.79 Å². The predicted molar refractivity (Wildman–Crippen MR) is 121 cm³/mol. The topological polar surface area (TPSA) is 91.2 Å². The zero-order valence-electron chi connectivity index (χ0n) is 17.2. The van der Waals surface area contributed by atoms with Gasteiger partial charge >= 0.3 is 0 Å². The number of hydrogen-bond donors (Lipinski definition) is 1. The van der Waals surface area contributed by atoms with Crippen LogP contribution in [-0.4, -0.2) is 32.3 Å². The average molecular weight is 482 g/mol. The molecule has 0 fully saturated rings. The maximum absolute atomic E-state index is 12.3. The molecule has 9 heteroatoms. The van der Waals surface area contributed by atoms with Crippen LogP contribution in [0.2, 0.25) is 0 Å². The molecule has 0 saturated heterocycles. The van der Waals surface area contributed by atoms with Crippen molar-refractivity contribution in [1.29, 1.82) is 0 Å². The molecule has 0 radical (unpaired) electrons. The smallest absolute Gasteiger partial charge is 0.262 e. The molecule has 4 rings (SSSR count). The fraction of sp³-hybridized carbons (Fsp3) is 0.182. The molecule has 1 N–H and O–H groups in total. The number of halogens is 1. The normalized spacial score (nSPS) is 10.8. The molecule has 0 atom stereocenters. The highest BCUT2D eigenvalue weighted by Gasteiger charge is 2.15. The van der Waals surface area contributed by atoms with Gasteiger partial charge in [-0.1, -0.05) is 22.0 Å². The van der Waals surface area contributed by atoms with Crippen LogP contribution >= 0.6 is 15.9 Å². The lowest BCUT2D eigenvalue weighted by Crippen LogP contribution is -2.20. The first-order valence-corrected chi connectivity index (χ1v) is 10.3. The van der Waals surface area contributed by atoms with E-state index in [0.29, 0.717) is 23.2 Å². The number of benzene rings is 1. The Morgan fingerprint density at radius 3 is 2.77 bits per heavy atom. The Morgan fingerprint density at radius 1 is 1.19 bits per heavy atom. The standard InChI is InChI=1S/C22H20BrN5O3/c1-13-9-14(2)25-21-20(13)22(27-28(21)3)30-12-18(29)26-16-7-8-19(24-11-16)31-17-6-4-5-15(23)10-17/h4-11H,12H2,1-3H3,(H,26,29). The number of nitrogens with one attached hydrogen (secondary N) is 1. The van der Waals surface area contributed by atoms with E-state index in [-0.39, 0.29) is 12.5 Å². The molecule has 31 heavy (non-hydrogen) atoms. The van der Waals surface area contributed by atoms with Crippen LogP contribution in [0.3, 0.4) is 0 Å². The van der Waals surface area contributed by atoms with Crippen molar-refractivity contribution in [2.45, 2.75) is 13.8 Å². The first-order valence-electron chi connectivity index (χ1n) is 9.52. The number of rotatable bonds is 6. The molecule has 0 spiro atoms. The Kier molecular flexibility index (Phi) is 5.85. The number of fused-ring (bicyclic) bond motifs is 1. The van der Waals surface area contributed by atoms with Gasteiger partial charge in [0, 0.05) is 23.3 Å². The van der Waals surface area contributed by atoms with Crippen LogP contribution in [-0.2, 0) is 11.8 Å². The molecule has 0 bridgehead atoms. The lowest BCUT2D eigenvalue weighted by atomic mass is 10.2. The van der Waals surface area contributed by atoms with Gasteiger partial charge in [0.2, 0.25) is 11.8 Å². The molecule has 1 amide bonds. The lowest BCUT2D eigenvalue weighted by Gasteiger charge is -2.08. The van der Waals surface area contributed by atoms with E-state index in [4.69, 9.17) is 9.47 Å². The predicted octanol–water partition coefficient (Wildman–Crippen LogP) is 4.55. The second-order valence-electron chi connectivity index (χ2n) is 6.99. The molecule has 0 aliphatic rings. The molecule has 1 aromatic carbocycles. The van der Waals surface area contributed by atoms with Gasteiger partial charge in [0.25, 0.3) is 5.91 Å². The zero-order valence-corrected chi connectivity index (χ0v) is 18.8. The summed E-state index contributed by atoms with van der Waals surface area (Å²) in [5, 5.41) is 7.90. The summed E-state index contributed by atoms with van der Waals surface area (Å²) in [4.78, 5) is 21.0. The van der Waals surface area contributed by atoms with Crippen molar-refractivity contribution in [3.05, 3.63) is 64.4 Å². The minimum absolute atomic E-state index is 0.185. The highest BCUT2D eigenvalue weighted by atomic mass is 79.9. The average Bonchev–Trinajstić information content (AvgIpc) is 3.04. The summed E-state index contributed by atoms with van der Waals surface area (Å²) in [5.74, 6) is 1.15. The van der Waals surface area contributed by atoms with E-state index >= 15 is 0 Å². The molecule has 158 valence electrons. The van der Waals surface area contributed by atoms with E-state index in [1.54, 1.807) is 23.9 Å². The first-order chi connectivity index (χ1) is 14.9. The highest BCUT2D eigenvalue weighted by molar-refractivity contribution is 9.10. The maximum atomic E-state index is 12.3. The Balaban J connectivity index is 1.38. The van der Waals surface area contributed by atoms with Gasteiger partial charge in [-0.05, 0) is 49.7 Å². The third kappa shape index (κ3) is 4.83. The van der Waals surface area contributed by atoms with Crippen molar-refractivity contribution < 1.29 is 14.3 Å². The molecule has 8 nitrogen and oxygen atoms in total. The largest absolute Gasteiger partial charge is 0.466 e. The number of pyridine rings is 2. The van der Waals surface area contributed by atoms with Gasteiger partial charge in [-0.2, -0.15) is 0 Å². The van der Waals surface area contributed by atoms with Crippen LogP contribution in [0.4, 0.5) is 5.69 Å². The third-order valence-corrected chi connectivity index (χ3v) is 4.96. The van der Waals surface area contributed by atoms with Gasteiger partial charge in [0.1, 0.15) is 5.75 Å². The van der Waals surface area contributed by atoms with E-state index in [0.717, 1.165) is 26.8 Å². The van der Waals surface area contributed by atoms with Crippen molar-refractivity contribution in [2.24, 2.45) is 7.05 Å². The van der Waals surface area contributed by atoms with E-state index in [9.17, 15) is 4.79 Å². The van der Waals surface area contributed by atoms with Crippen LogP contribution in [0.1, 0.15) is 11.3 Å². The Bertz CT molecular complexity index is 1250. The monoisotopic (exact) mass is 481 g/mol. The van der Waals surface area contributed by atoms with Crippen molar-refractivity contribution in [3.8, 4) is 17.5 Å². The zero-order chi connectivity index (χ0) is 22.0. The second-order valence-corrected chi connectivity index (χ2v) is 7.90. The second kappa shape index (κ2) is 8.73. The summed E-state index contributed by atoms with van der Waals surface area (Å²) in [5.41, 5.74) is 3.15. The number of carbonyl (C=O) groups is 1. The first kappa shape index (κ1) is 20.8. The van der Waals surface area contributed by atoms with Gasteiger partial charge in [0.15, 0.2) is 12.3 Å². The van der Waals surface area contributed by atoms with E-state index in [2.05, 4.69) is 36.3 Å². The van der Waals surface area contributed by atoms with Gasteiger partial charge in [0.05, 0.1) is 17.3 Å². The van der Waals surface area contributed by atoms with Gasteiger partial charge in [-0.15, -0.1) is 5.10 Å². The molecule has 4 aromatic rings. The Hall–Kier alpha value is -3.46. The number of anilines is 1. The number of ether oxygens (including phenoxy) is 2. The number of aromatic nitrogens is 4. The molecular formula is C22H20BrN5O3. The number of amides is 1. The fourth-order valence-corrected chi connectivity index (χ4v) is 3.53. The number of carbonyl (C=O) groups excluding carboxylic acids is 1. The summed E-state index contributed by atoms with van der Waals surface area (Å²) >= 11 is 3.40. The van der Waals surface area contributed by atoms with Crippen LogP contribution in [0.5, 0.6) is 17.5 Å². The van der Waals surface area contributed by atoms with Crippen LogP contribution in [0.15, 0.2) is 53.1 Å². The van der Waals surface area contributed by atoms with Gasteiger partial charge < -0.3 is 14.8 Å². The quantitative estimate of drug-likeness (QED) is 0.434. The summed E-state index contributed by atoms with van der Waals surface area (Å²) in [6.45, 7) is 3.71. The van der Waals surface area contributed by atoms with E-state index in [1.165, 1.54) is 6.20 Å². The summed E-state index contributed by atoms with van der Waals surface area (Å²) in [6, 6.07) is 12.8. The van der Waals surface area contributed by atoms with E-state index in [1.807, 2.05) is 44.2 Å². The van der Waals surface area contributed by atoms with Crippen LogP contribution in [0.25, 0.3) is 11.0 Å². The number of nitrogens with zero attached hydrogens (tertiary/aromatic N) is 4. The minimum atomic E-state index is -0.320. The summed E-state index contributed by atoms with van der Waals surface area (Å²) < 4.78 is 13.9. The van der Waals surface area contributed by atoms with Crippen molar-refractivity contribution in [1.82, 2.24) is 19.7 Å². The number of aryl methyl sites for hydroxylation is 3. The van der Waals surface area contributed by atoms with Gasteiger partial charge in [-0.25, -0.2) is 14.6 Å². The SMILES string of the molecule is Cc1cc(C)c2c(OCC(=O)Nc3ccc(Oc4cccc(Br)c4)nc3)nn(C)c2n1. The summed E-state index contributed by atoms with van der Waals surface area (Å²) in [6.07, 6.45) is 1.53. The minimum Gasteiger partial charge on any atom is -0.466 e. The fourth-order valence-electron chi connectivity index (χ4n) is 3.15. The van der Waals surface area contributed by atoms with Crippen molar-refractivity contribution >= 4 is 38.6 Å². The molecule has 0 aliphatic heterocycles. The Morgan fingerprint density at radius 2 is 2.03 bits per heavy atom. The molecular weight excluding hydrogens is 462 g/mol. The molecule has 0 unspecified atom stereocenters. The van der Waals surface area contributed by atoms with Crippen LogP contribution in [0, 0.1) is 13.8 Å². The molecule has 3 aromatic heterocycles. The maximum Gasteiger partial charge on any atom is 0.262 e. The molecule has 0 saturated carbocycles. The Labute approximate surface area is 187 Å². The van der Waals surface area contributed by atoms with Crippen molar-refractivity contribution in [2.75, 3.05) is 11.9 Å². The third-order valence-electron chi connectivity index (χ3n) is 4.47. The van der Waals surface area contributed by atoms with Crippen molar-refractivity contribution in [3.63, 3.8) is 0 Å². The lowest BCUT2D eigenvalue weighted by molar-refractivity contribution is -0.118. The van der Waals surface area contributed by atoms with E-state index < -0.39 is 0 Å². The van der Waals surface area contributed by atoms with Crippen LogP contribution < -0.4 is 14.8 Å². The molecule has 3 heterocycles.